The summed E-state index contributed by atoms with van der Waals surface area (Å²) >= 11 is 1.68. The monoisotopic (exact) mass is 291 g/mol. The maximum absolute atomic E-state index is 9.20. The normalized spacial score (nSPS) is 14.0. The lowest BCUT2D eigenvalue weighted by Gasteiger charge is -2.24. The molecule has 0 saturated heterocycles. The molecule has 1 aromatic heterocycles. The summed E-state index contributed by atoms with van der Waals surface area (Å²) in [5.74, 6) is 0.748. The minimum Gasteiger partial charge on any atom is -0.483 e. The van der Waals surface area contributed by atoms with Crippen molar-refractivity contribution in [3.63, 3.8) is 0 Å². The molecule has 0 amide bonds. The molecule has 108 valence electrons. The number of ether oxygens (including phenoxy) is 1. The molecule has 2 unspecified atom stereocenters. The van der Waals surface area contributed by atoms with E-state index in [4.69, 9.17) is 10.5 Å². The summed E-state index contributed by atoms with van der Waals surface area (Å²) in [6, 6.07) is 9.55. The summed E-state index contributed by atoms with van der Waals surface area (Å²) in [7, 11) is 0. The number of thiophene rings is 1. The first-order valence-electron chi connectivity index (χ1n) is 6.81. The average molecular weight is 291 g/mol. The van der Waals surface area contributed by atoms with E-state index >= 15 is 0 Å². The fourth-order valence-electron chi connectivity index (χ4n) is 2.09. The third-order valence-electron chi connectivity index (χ3n) is 3.36. The zero-order valence-electron chi connectivity index (χ0n) is 11.9. The smallest absolute Gasteiger partial charge is 0.148 e. The molecule has 0 saturated carbocycles. The quantitative estimate of drug-likeness (QED) is 0.857. The number of hydrogen-bond acceptors (Lipinski definition) is 4. The van der Waals surface area contributed by atoms with Gasteiger partial charge in [0.2, 0.25) is 0 Å². The maximum atomic E-state index is 9.20. The van der Waals surface area contributed by atoms with E-state index in [1.807, 2.05) is 24.3 Å². The number of hydrogen-bond donors (Lipinski definition) is 2. The molecule has 3 N–H and O–H groups in total. The van der Waals surface area contributed by atoms with Crippen LogP contribution in [0.1, 0.15) is 35.5 Å². The van der Waals surface area contributed by atoms with Gasteiger partial charge in [-0.25, -0.2) is 0 Å². The van der Waals surface area contributed by atoms with Crippen molar-refractivity contribution in [2.75, 3.05) is 0 Å². The molecule has 0 aliphatic heterocycles. The van der Waals surface area contributed by atoms with Crippen molar-refractivity contribution in [2.24, 2.45) is 5.73 Å². The van der Waals surface area contributed by atoms with E-state index in [2.05, 4.69) is 25.3 Å². The largest absolute Gasteiger partial charge is 0.483 e. The number of aliphatic hydroxyl groups is 1. The Labute approximate surface area is 124 Å². The molecule has 2 atom stereocenters. The number of aliphatic hydroxyl groups excluding tert-OH is 1. The zero-order valence-corrected chi connectivity index (χ0v) is 12.7. The standard InChI is InChI=1S/C16H21NO2S/c1-3-14(17)15(16-11(2)7-8-20-16)19-13-6-4-5-12(9-13)10-18/h4-9,14-15,18H,3,10,17H2,1-2H3. The fraction of sp³-hybridized carbons (Fsp3) is 0.375. The van der Waals surface area contributed by atoms with Gasteiger partial charge < -0.3 is 15.6 Å². The molecule has 1 heterocycles. The van der Waals surface area contributed by atoms with Crippen LogP contribution in [0.15, 0.2) is 35.7 Å². The van der Waals surface area contributed by atoms with Crippen LogP contribution in [0.5, 0.6) is 5.75 Å². The van der Waals surface area contributed by atoms with Crippen LogP contribution in [0.3, 0.4) is 0 Å². The highest BCUT2D eigenvalue weighted by molar-refractivity contribution is 7.10. The van der Waals surface area contributed by atoms with Gasteiger partial charge in [0.05, 0.1) is 6.61 Å². The Morgan fingerprint density at radius 2 is 2.15 bits per heavy atom. The van der Waals surface area contributed by atoms with Gasteiger partial charge in [0.1, 0.15) is 11.9 Å². The Morgan fingerprint density at radius 3 is 2.75 bits per heavy atom. The zero-order chi connectivity index (χ0) is 14.5. The van der Waals surface area contributed by atoms with Crippen molar-refractivity contribution in [1.29, 1.82) is 0 Å². The lowest BCUT2D eigenvalue weighted by atomic mass is 10.1. The van der Waals surface area contributed by atoms with Gasteiger partial charge in [0.25, 0.3) is 0 Å². The van der Waals surface area contributed by atoms with Crippen LogP contribution in [0.4, 0.5) is 0 Å². The summed E-state index contributed by atoms with van der Waals surface area (Å²) in [4.78, 5) is 1.17. The summed E-state index contributed by atoms with van der Waals surface area (Å²) < 4.78 is 6.11. The number of benzene rings is 1. The number of nitrogens with two attached hydrogens (primary N) is 1. The van der Waals surface area contributed by atoms with E-state index < -0.39 is 0 Å². The number of rotatable bonds is 6. The first-order valence-corrected chi connectivity index (χ1v) is 7.69. The topological polar surface area (TPSA) is 55.5 Å². The third-order valence-corrected chi connectivity index (χ3v) is 4.44. The van der Waals surface area contributed by atoms with Crippen LogP contribution in [-0.2, 0) is 6.61 Å². The SMILES string of the molecule is CCC(N)C(Oc1cccc(CO)c1)c1sccc1C. The van der Waals surface area contributed by atoms with Gasteiger partial charge in [0.15, 0.2) is 0 Å². The second kappa shape index (κ2) is 6.88. The van der Waals surface area contributed by atoms with Gasteiger partial charge in [-0.05, 0) is 48.1 Å². The molecule has 2 rings (SSSR count). The van der Waals surface area contributed by atoms with Crippen molar-refractivity contribution in [3.05, 3.63) is 51.7 Å². The van der Waals surface area contributed by atoms with E-state index in [1.54, 1.807) is 11.3 Å². The van der Waals surface area contributed by atoms with Crippen molar-refractivity contribution >= 4 is 11.3 Å². The predicted octanol–water partition coefficient (Wildman–Crippen LogP) is 3.41. The molecular formula is C16H21NO2S. The van der Waals surface area contributed by atoms with Gasteiger partial charge in [-0.2, -0.15) is 0 Å². The van der Waals surface area contributed by atoms with Crippen LogP contribution in [0, 0.1) is 6.92 Å². The third kappa shape index (κ3) is 3.39. The van der Waals surface area contributed by atoms with Crippen LogP contribution >= 0.6 is 11.3 Å². The van der Waals surface area contributed by atoms with E-state index in [9.17, 15) is 5.11 Å². The Balaban J connectivity index is 2.26. The summed E-state index contributed by atoms with van der Waals surface area (Å²) in [5, 5.41) is 11.3. The Kier molecular flexibility index (Phi) is 5.17. The average Bonchev–Trinajstić information content (AvgIpc) is 2.90. The molecule has 1 aromatic carbocycles. The lowest BCUT2D eigenvalue weighted by Crippen LogP contribution is -2.31. The van der Waals surface area contributed by atoms with Crippen molar-refractivity contribution in [1.82, 2.24) is 0 Å². The van der Waals surface area contributed by atoms with Gasteiger partial charge in [-0.15, -0.1) is 11.3 Å². The highest BCUT2D eigenvalue weighted by Gasteiger charge is 2.23. The van der Waals surface area contributed by atoms with Crippen LogP contribution in [0.25, 0.3) is 0 Å². The molecule has 0 spiro atoms. The maximum Gasteiger partial charge on any atom is 0.148 e. The first-order chi connectivity index (χ1) is 9.65. The molecule has 0 radical (unpaired) electrons. The van der Waals surface area contributed by atoms with Gasteiger partial charge in [-0.3, -0.25) is 0 Å². The van der Waals surface area contributed by atoms with Crippen molar-refractivity contribution in [3.8, 4) is 5.75 Å². The van der Waals surface area contributed by atoms with E-state index in [1.165, 1.54) is 10.4 Å². The number of aryl methyl sites for hydroxylation is 1. The summed E-state index contributed by atoms with van der Waals surface area (Å²) in [6.07, 6.45) is 0.704. The van der Waals surface area contributed by atoms with Gasteiger partial charge in [0, 0.05) is 10.9 Å². The summed E-state index contributed by atoms with van der Waals surface area (Å²) in [6.45, 7) is 4.16. The molecule has 0 aliphatic rings. The molecule has 0 fully saturated rings. The molecule has 4 heteroatoms. The van der Waals surface area contributed by atoms with Crippen molar-refractivity contribution < 1.29 is 9.84 Å². The van der Waals surface area contributed by atoms with Crippen LogP contribution < -0.4 is 10.5 Å². The molecular weight excluding hydrogens is 270 g/mol. The van der Waals surface area contributed by atoms with E-state index in [-0.39, 0.29) is 18.8 Å². The van der Waals surface area contributed by atoms with E-state index in [0.29, 0.717) is 0 Å². The Bertz CT molecular complexity index is 553. The van der Waals surface area contributed by atoms with E-state index in [0.717, 1.165) is 17.7 Å². The molecule has 3 nitrogen and oxygen atoms in total. The highest BCUT2D eigenvalue weighted by atomic mass is 32.1. The Hall–Kier alpha value is -1.36. The summed E-state index contributed by atoms with van der Waals surface area (Å²) in [5.41, 5.74) is 8.28. The van der Waals surface area contributed by atoms with Gasteiger partial charge >= 0.3 is 0 Å². The highest BCUT2D eigenvalue weighted by Crippen LogP contribution is 2.31. The van der Waals surface area contributed by atoms with Gasteiger partial charge in [-0.1, -0.05) is 19.1 Å². The Morgan fingerprint density at radius 1 is 1.35 bits per heavy atom. The fourth-order valence-corrected chi connectivity index (χ4v) is 3.12. The molecule has 20 heavy (non-hydrogen) atoms. The van der Waals surface area contributed by atoms with Crippen molar-refractivity contribution in [2.45, 2.75) is 39.0 Å². The lowest BCUT2D eigenvalue weighted by molar-refractivity contribution is 0.173. The molecule has 0 aliphatic carbocycles. The minimum atomic E-state index is -0.144. The van der Waals surface area contributed by atoms with Crippen LogP contribution in [0.2, 0.25) is 0 Å². The first kappa shape index (κ1) is 15.0. The van der Waals surface area contributed by atoms with Crippen LogP contribution in [-0.4, -0.2) is 11.1 Å². The molecule has 0 bridgehead atoms. The molecule has 2 aromatic rings. The predicted molar refractivity (Wildman–Crippen MR) is 83.1 cm³/mol. The second-order valence-corrected chi connectivity index (χ2v) is 5.83. The second-order valence-electron chi connectivity index (χ2n) is 4.88. The minimum absolute atomic E-state index is 0.0136.